The number of nitrogens with one attached hydrogen (secondary N) is 1. The molecule has 10 heteroatoms. The van der Waals surface area contributed by atoms with Crippen LogP contribution in [0.5, 0.6) is 0 Å². The standard InChI is InChI=1S/C24H28F3N3O3S/c25-24(26,27)20-5-3-4-18(16-20)17-29-14-10-21(11-15-29)28-23(31)19-6-8-22(9-7-19)34(32,33)30-12-1-2-13-30/h3-9,16,21H,1-2,10-15,17H2,(H,28,31). The van der Waals surface area contributed by atoms with Crippen molar-refractivity contribution in [2.24, 2.45) is 0 Å². The van der Waals surface area contributed by atoms with Crippen molar-refractivity contribution in [3.63, 3.8) is 0 Å². The number of alkyl halides is 3. The van der Waals surface area contributed by atoms with Gasteiger partial charge in [0.15, 0.2) is 0 Å². The maximum Gasteiger partial charge on any atom is 0.416 e. The molecule has 0 radical (unpaired) electrons. The SMILES string of the molecule is O=C(NC1CCN(Cc2cccc(C(F)(F)F)c2)CC1)c1ccc(S(=O)(=O)N2CCCC2)cc1. The third kappa shape index (κ3) is 5.79. The van der Waals surface area contributed by atoms with Crippen LogP contribution in [0.3, 0.4) is 0 Å². The molecule has 2 aromatic carbocycles. The zero-order valence-electron chi connectivity index (χ0n) is 18.7. The Kier molecular flexibility index (Phi) is 7.30. The van der Waals surface area contributed by atoms with Crippen LogP contribution in [0.2, 0.25) is 0 Å². The molecule has 0 aromatic heterocycles. The number of sulfonamides is 1. The third-order valence-electron chi connectivity index (χ3n) is 6.40. The molecule has 2 heterocycles. The van der Waals surface area contributed by atoms with Crippen molar-refractivity contribution in [2.45, 2.75) is 49.3 Å². The predicted octanol–water partition coefficient (Wildman–Crippen LogP) is 3.88. The van der Waals surface area contributed by atoms with Crippen LogP contribution in [0, 0.1) is 0 Å². The van der Waals surface area contributed by atoms with Gasteiger partial charge < -0.3 is 5.32 Å². The summed E-state index contributed by atoms with van der Waals surface area (Å²) in [5.74, 6) is -0.263. The lowest BCUT2D eigenvalue weighted by Gasteiger charge is -2.32. The van der Waals surface area contributed by atoms with Crippen molar-refractivity contribution >= 4 is 15.9 Å². The smallest absolute Gasteiger partial charge is 0.349 e. The van der Waals surface area contributed by atoms with Gasteiger partial charge in [0.2, 0.25) is 10.0 Å². The van der Waals surface area contributed by atoms with Crippen LogP contribution < -0.4 is 5.32 Å². The molecule has 184 valence electrons. The lowest BCUT2D eigenvalue weighted by Crippen LogP contribution is -2.44. The number of amides is 1. The summed E-state index contributed by atoms with van der Waals surface area (Å²) in [6, 6.07) is 11.3. The number of benzene rings is 2. The molecule has 4 rings (SSSR count). The average molecular weight is 496 g/mol. The molecule has 2 saturated heterocycles. The van der Waals surface area contributed by atoms with E-state index in [9.17, 15) is 26.4 Å². The van der Waals surface area contributed by atoms with Crippen molar-refractivity contribution in [1.29, 1.82) is 0 Å². The van der Waals surface area contributed by atoms with E-state index in [1.807, 2.05) is 0 Å². The van der Waals surface area contributed by atoms with Gasteiger partial charge in [-0.1, -0.05) is 18.2 Å². The number of rotatable bonds is 6. The van der Waals surface area contributed by atoms with Crippen LogP contribution in [0.1, 0.15) is 47.2 Å². The Morgan fingerprint density at radius 3 is 2.24 bits per heavy atom. The number of nitrogens with zero attached hydrogens (tertiary/aromatic N) is 2. The molecule has 0 aliphatic carbocycles. The highest BCUT2D eigenvalue weighted by Crippen LogP contribution is 2.30. The normalized spacial score (nSPS) is 18.8. The molecule has 0 bridgehead atoms. The van der Waals surface area contributed by atoms with Crippen LogP contribution in [0.25, 0.3) is 0 Å². The Morgan fingerprint density at radius 1 is 0.971 bits per heavy atom. The second kappa shape index (κ2) is 10.1. The lowest BCUT2D eigenvalue weighted by molar-refractivity contribution is -0.137. The van der Waals surface area contributed by atoms with Gasteiger partial charge in [0.1, 0.15) is 0 Å². The molecule has 0 unspecified atom stereocenters. The Hall–Kier alpha value is -2.43. The Labute approximate surface area is 197 Å². The summed E-state index contributed by atoms with van der Waals surface area (Å²) in [5.41, 5.74) is 0.361. The number of hydrogen-bond donors (Lipinski definition) is 1. The van der Waals surface area contributed by atoms with E-state index in [0.717, 1.165) is 18.9 Å². The maximum atomic E-state index is 12.9. The maximum absolute atomic E-state index is 12.9. The van der Waals surface area contributed by atoms with Crippen LogP contribution in [0.15, 0.2) is 53.4 Å². The highest BCUT2D eigenvalue weighted by Gasteiger charge is 2.31. The summed E-state index contributed by atoms with van der Waals surface area (Å²) in [7, 11) is -3.52. The number of hydrogen-bond acceptors (Lipinski definition) is 4. The second-order valence-electron chi connectivity index (χ2n) is 8.86. The molecule has 0 atom stereocenters. The van der Waals surface area contributed by atoms with Gasteiger partial charge in [-0.3, -0.25) is 9.69 Å². The first kappa shape index (κ1) is 24.7. The number of carbonyl (C=O) groups is 1. The molecular weight excluding hydrogens is 467 g/mol. The van der Waals surface area contributed by atoms with Gasteiger partial charge in [0, 0.05) is 44.3 Å². The predicted molar refractivity (Wildman–Crippen MR) is 122 cm³/mol. The van der Waals surface area contributed by atoms with E-state index in [0.29, 0.717) is 56.7 Å². The summed E-state index contributed by atoms with van der Waals surface area (Å²) in [6.07, 6.45) is -1.26. The average Bonchev–Trinajstić information content (AvgIpc) is 3.36. The molecule has 2 fully saturated rings. The van der Waals surface area contributed by atoms with Gasteiger partial charge in [-0.15, -0.1) is 0 Å². The quantitative estimate of drug-likeness (QED) is 0.661. The highest BCUT2D eigenvalue weighted by molar-refractivity contribution is 7.89. The van der Waals surface area contributed by atoms with Gasteiger partial charge in [-0.2, -0.15) is 17.5 Å². The van der Waals surface area contributed by atoms with Gasteiger partial charge in [-0.05, 0) is 61.6 Å². The molecule has 0 spiro atoms. The van der Waals surface area contributed by atoms with E-state index < -0.39 is 21.8 Å². The van der Waals surface area contributed by atoms with Crippen molar-refractivity contribution in [1.82, 2.24) is 14.5 Å². The van der Waals surface area contributed by atoms with Crippen molar-refractivity contribution in [2.75, 3.05) is 26.2 Å². The summed E-state index contributed by atoms with van der Waals surface area (Å²) < 4.78 is 65.5. The number of carbonyl (C=O) groups excluding carboxylic acids is 1. The minimum atomic E-state index is -4.36. The van der Waals surface area contributed by atoms with Crippen molar-refractivity contribution < 1.29 is 26.4 Å². The first-order valence-electron chi connectivity index (χ1n) is 11.4. The van der Waals surface area contributed by atoms with Crippen LogP contribution in [0.4, 0.5) is 13.2 Å². The summed E-state index contributed by atoms with van der Waals surface area (Å²) in [5, 5.41) is 2.99. The van der Waals surface area contributed by atoms with E-state index >= 15 is 0 Å². The largest absolute Gasteiger partial charge is 0.416 e. The number of piperidine rings is 1. The monoisotopic (exact) mass is 495 g/mol. The van der Waals surface area contributed by atoms with E-state index in [2.05, 4.69) is 10.2 Å². The van der Waals surface area contributed by atoms with Gasteiger partial charge in [-0.25, -0.2) is 8.42 Å². The Balaban J connectivity index is 1.28. The topological polar surface area (TPSA) is 69.7 Å². The van der Waals surface area contributed by atoms with Crippen LogP contribution in [-0.4, -0.2) is 55.8 Å². The van der Waals surface area contributed by atoms with E-state index in [1.165, 1.54) is 40.7 Å². The fourth-order valence-electron chi connectivity index (χ4n) is 4.46. The van der Waals surface area contributed by atoms with Gasteiger partial charge in [0.05, 0.1) is 10.5 Å². The fourth-order valence-corrected chi connectivity index (χ4v) is 5.98. The zero-order valence-corrected chi connectivity index (χ0v) is 19.5. The zero-order chi connectivity index (χ0) is 24.3. The lowest BCUT2D eigenvalue weighted by atomic mass is 10.0. The highest BCUT2D eigenvalue weighted by atomic mass is 32.2. The Morgan fingerprint density at radius 2 is 1.62 bits per heavy atom. The first-order valence-corrected chi connectivity index (χ1v) is 12.9. The second-order valence-corrected chi connectivity index (χ2v) is 10.8. The van der Waals surface area contributed by atoms with Crippen LogP contribution >= 0.6 is 0 Å². The third-order valence-corrected chi connectivity index (χ3v) is 8.32. The summed E-state index contributed by atoms with van der Waals surface area (Å²) in [4.78, 5) is 14.9. The van der Waals surface area contributed by atoms with Crippen LogP contribution in [-0.2, 0) is 22.7 Å². The fraction of sp³-hybridized carbons (Fsp3) is 0.458. The molecule has 34 heavy (non-hydrogen) atoms. The molecule has 2 aliphatic rings. The first-order chi connectivity index (χ1) is 16.1. The van der Waals surface area contributed by atoms with E-state index in [-0.39, 0.29) is 16.8 Å². The molecular formula is C24H28F3N3O3S. The summed E-state index contributed by atoms with van der Waals surface area (Å²) >= 11 is 0. The summed E-state index contributed by atoms with van der Waals surface area (Å²) in [6.45, 7) is 2.80. The minimum absolute atomic E-state index is 0.0433. The van der Waals surface area contributed by atoms with Gasteiger partial charge >= 0.3 is 6.18 Å². The Bertz CT molecular complexity index is 1110. The van der Waals surface area contributed by atoms with E-state index in [1.54, 1.807) is 6.07 Å². The van der Waals surface area contributed by atoms with Crippen molar-refractivity contribution in [3.05, 3.63) is 65.2 Å². The molecule has 2 aromatic rings. The molecule has 2 aliphatic heterocycles. The minimum Gasteiger partial charge on any atom is -0.349 e. The van der Waals surface area contributed by atoms with Crippen molar-refractivity contribution in [3.8, 4) is 0 Å². The van der Waals surface area contributed by atoms with Gasteiger partial charge in [0.25, 0.3) is 5.91 Å². The number of halogens is 3. The molecule has 1 N–H and O–H groups in total. The molecule has 6 nitrogen and oxygen atoms in total. The molecule has 1 amide bonds. The van der Waals surface area contributed by atoms with E-state index in [4.69, 9.17) is 0 Å². The number of likely N-dealkylation sites (tertiary alicyclic amines) is 1. The molecule has 0 saturated carbocycles.